The van der Waals surface area contributed by atoms with E-state index in [1.165, 1.54) is 6.07 Å². The lowest BCUT2D eigenvalue weighted by Gasteiger charge is -2.16. The molecule has 0 radical (unpaired) electrons. The largest absolute Gasteiger partial charge is 0.313 e. The molecule has 1 aromatic heterocycles. The number of nitrogens with one attached hydrogen (secondary N) is 1. The van der Waals surface area contributed by atoms with Crippen LogP contribution < -0.4 is 5.32 Å². The fourth-order valence-corrected chi connectivity index (χ4v) is 3.29. The molecule has 1 nitrogen and oxygen atoms in total. The van der Waals surface area contributed by atoms with Crippen LogP contribution in [0.2, 0.25) is 5.02 Å². The number of likely N-dealkylation sites (N-methyl/N-ethyl adjacent to an activating group) is 1. The van der Waals surface area contributed by atoms with Gasteiger partial charge in [-0.3, -0.25) is 0 Å². The highest BCUT2D eigenvalue weighted by Gasteiger charge is 2.16. The number of thiophene rings is 1. The van der Waals surface area contributed by atoms with Gasteiger partial charge in [-0.25, -0.2) is 4.39 Å². The van der Waals surface area contributed by atoms with Crippen molar-refractivity contribution in [2.45, 2.75) is 12.5 Å². The standard InChI is InChI=1S/C13H12BrClFNS/c1-17-12(8-5-13(14)18-7-8)6-9-10(15)3-2-4-11(9)16/h2-5,7,12,17H,6H2,1H3. The van der Waals surface area contributed by atoms with E-state index in [-0.39, 0.29) is 11.9 Å². The number of halogens is 3. The van der Waals surface area contributed by atoms with Crippen LogP contribution in [0.25, 0.3) is 0 Å². The summed E-state index contributed by atoms with van der Waals surface area (Å²) in [5, 5.41) is 5.73. The first-order valence-corrected chi connectivity index (χ1v) is 7.51. The molecule has 1 aromatic carbocycles. The Kier molecular flexibility index (Phi) is 4.78. The van der Waals surface area contributed by atoms with Gasteiger partial charge >= 0.3 is 0 Å². The average Bonchev–Trinajstić information content (AvgIpc) is 2.76. The monoisotopic (exact) mass is 347 g/mol. The van der Waals surface area contributed by atoms with Crippen LogP contribution in [0.15, 0.2) is 33.4 Å². The molecule has 18 heavy (non-hydrogen) atoms. The predicted molar refractivity (Wildman–Crippen MR) is 78.9 cm³/mol. The molecule has 96 valence electrons. The summed E-state index contributed by atoms with van der Waals surface area (Å²) in [6, 6.07) is 6.88. The highest BCUT2D eigenvalue weighted by atomic mass is 79.9. The van der Waals surface area contributed by atoms with E-state index in [9.17, 15) is 4.39 Å². The summed E-state index contributed by atoms with van der Waals surface area (Å²) in [7, 11) is 1.87. The van der Waals surface area contributed by atoms with E-state index in [0.717, 1.165) is 9.35 Å². The van der Waals surface area contributed by atoms with Crippen molar-refractivity contribution >= 4 is 38.9 Å². The van der Waals surface area contributed by atoms with E-state index in [0.29, 0.717) is 17.0 Å². The Balaban J connectivity index is 2.26. The van der Waals surface area contributed by atoms with Crippen molar-refractivity contribution in [2.75, 3.05) is 7.05 Å². The van der Waals surface area contributed by atoms with Crippen molar-refractivity contribution in [3.8, 4) is 0 Å². The lowest BCUT2D eigenvalue weighted by molar-refractivity contribution is 0.555. The summed E-state index contributed by atoms with van der Waals surface area (Å²) in [5.41, 5.74) is 1.69. The second kappa shape index (κ2) is 6.15. The van der Waals surface area contributed by atoms with E-state index in [1.54, 1.807) is 23.5 Å². The van der Waals surface area contributed by atoms with Crippen LogP contribution in [0.1, 0.15) is 17.2 Å². The minimum Gasteiger partial charge on any atom is -0.313 e. The van der Waals surface area contributed by atoms with E-state index in [2.05, 4.69) is 26.6 Å². The number of hydrogen-bond donors (Lipinski definition) is 1. The first-order chi connectivity index (χ1) is 8.61. The average molecular weight is 349 g/mol. The predicted octanol–water partition coefficient (Wildman–Crippen LogP) is 4.81. The summed E-state index contributed by atoms with van der Waals surface area (Å²) in [5.74, 6) is -0.253. The number of rotatable bonds is 4. The van der Waals surface area contributed by atoms with Gasteiger partial charge in [0.15, 0.2) is 0 Å². The Morgan fingerprint density at radius 3 is 2.83 bits per heavy atom. The minimum absolute atomic E-state index is 0.0574. The van der Waals surface area contributed by atoms with Crippen molar-refractivity contribution in [1.29, 1.82) is 0 Å². The van der Waals surface area contributed by atoms with Gasteiger partial charge in [0, 0.05) is 16.6 Å². The zero-order valence-corrected chi connectivity index (χ0v) is 12.9. The quantitative estimate of drug-likeness (QED) is 0.836. The minimum atomic E-state index is -0.253. The van der Waals surface area contributed by atoms with Crippen LogP contribution in [0.5, 0.6) is 0 Å². The van der Waals surface area contributed by atoms with Crippen LogP contribution in [-0.4, -0.2) is 7.05 Å². The van der Waals surface area contributed by atoms with Crippen LogP contribution in [0.3, 0.4) is 0 Å². The fourth-order valence-electron chi connectivity index (χ4n) is 1.82. The zero-order chi connectivity index (χ0) is 13.1. The molecule has 0 amide bonds. The molecule has 0 saturated heterocycles. The van der Waals surface area contributed by atoms with Gasteiger partial charge in [0.2, 0.25) is 0 Å². The molecule has 0 fully saturated rings. The molecule has 1 N–H and O–H groups in total. The van der Waals surface area contributed by atoms with Crippen LogP contribution in [0.4, 0.5) is 4.39 Å². The fraction of sp³-hybridized carbons (Fsp3) is 0.231. The van der Waals surface area contributed by atoms with Gasteiger partial charge in [-0.2, -0.15) is 0 Å². The molecule has 5 heteroatoms. The van der Waals surface area contributed by atoms with Crippen molar-refractivity contribution in [3.63, 3.8) is 0 Å². The topological polar surface area (TPSA) is 12.0 Å². The molecule has 1 atom stereocenters. The van der Waals surface area contributed by atoms with E-state index < -0.39 is 0 Å². The second-order valence-electron chi connectivity index (χ2n) is 3.93. The maximum absolute atomic E-state index is 13.7. The third kappa shape index (κ3) is 3.12. The molecule has 1 unspecified atom stereocenters. The highest BCUT2D eigenvalue weighted by molar-refractivity contribution is 9.11. The zero-order valence-electron chi connectivity index (χ0n) is 9.71. The lowest BCUT2D eigenvalue weighted by Crippen LogP contribution is -2.19. The number of benzene rings is 1. The molecule has 1 heterocycles. The summed E-state index contributed by atoms with van der Waals surface area (Å²) in [6.45, 7) is 0. The molecule has 2 aromatic rings. The third-order valence-electron chi connectivity index (χ3n) is 2.81. The van der Waals surface area contributed by atoms with Crippen molar-refractivity contribution in [3.05, 3.63) is 55.4 Å². The van der Waals surface area contributed by atoms with Gasteiger partial charge in [-0.15, -0.1) is 11.3 Å². The smallest absolute Gasteiger partial charge is 0.127 e. The van der Waals surface area contributed by atoms with E-state index in [1.807, 2.05) is 13.1 Å². The third-order valence-corrected chi connectivity index (χ3v) is 4.69. The van der Waals surface area contributed by atoms with Crippen molar-refractivity contribution < 1.29 is 4.39 Å². The van der Waals surface area contributed by atoms with Crippen LogP contribution in [-0.2, 0) is 6.42 Å². The first-order valence-electron chi connectivity index (χ1n) is 5.46. The Hall–Kier alpha value is -0.420. The summed E-state index contributed by atoms with van der Waals surface area (Å²) >= 11 is 11.1. The highest BCUT2D eigenvalue weighted by Crippen LogP contribution is 2.29. The Morgan fingerprint density at radius 2 is 2.28 bits per heavy atom. The maximum atomic E-state index is 13.7. The normalized spacial score (nSPS) is 12.7. The van der Waals surface area contributed by atoms with E-state index >= 15 is 0 Å². The van der Waals surface area contributed by atoms with Gasteiger partial charge in [-0.05, 0) is 58.5 Å². The summed E-state index contributed by atoms with van der Waals surface area (Å²) < 4.78 is 14.8. The molecule has 0 bridgehead atoms. The molecule has 0 aliphatic heterocycles. The Labute approximate surface area is 123 Å². The van der Waals surface area contributed by atoms with Crippen molar-refractivity contribution in [2.24, 2.45) is 0 Å². The molecule has 0 aliphatic rings. The molecule has 0 aliphatic carbocycles. The second-order valence-corrected chi connectivity index (χ2v) is 6.63. The molecule has 2 rings (SSSR count). The van der Waals surface area contributed by atoms with Crippen LogP contribution >= 0.6 is 38.9 Å². The van der Waals surface area contributed by atoms with Gasteiger partial charge in [-0.1, -0.05) is 17.7 Å². The Bertz CT molecular complexity index is 523. The molecule has 0 saturated carbocycles. The molecular formula is C13H12BrClFNS. The molecule has 0 spiro atoms. The van der Waals surface area contributed by atoms with Gasteiger partial charge in [0.05, 0.1) is 3.79 Å². The van der Waals surface area contributed by atoms with Crippen molar-refractivity contribution in [1.82, 2.24) is 5.32 Å². The molecular weight excluding hydrogens is 337 g/mol. The maximum Gasteiger partial charge on any atom is 0.127 e. The van der Waals surface area contributed by atoms with Gasteiger partial charge in [0.1, 0.15) is 5.82 Å². The lowest BCUT2D eigenvalue weighted by atomic mass is 10.0. The first kappa shape index (κ1) is 14.0. The summed E-state index contributed by atoms with van der Waals surface area (Å²) in [4.78, 5) is 0. The number of hydrogen-bond acceptors (Lipinski definition) is 2. The SMILES string of the molecule is CNC(Cc1c(F)cccc1Cl)c1csc(Br)c1. The van der Waals surface area contributed by atoms with E-state index in [4.69, 9.17) is 11.6 Å². The Morgan fingerprint density at radius 1 is 1.50 bits per heavy atom. The summed E-state index contributed by atoms with van der Waals surface area (Å²) in [6.07, 6.45) is 0.533. The van der Waals surface area contributed by atoms with Gasteiger partial charge in [0.25, 0.3) is 0 Å². The van der Waals surface area contributed by atoms with Crippen LogP contribution in [0, 0.1) is 5.82 Å². The van der Waals surface area contributed by atoms with Gasteiger partial charge < -0.3 is 5.32 Å².